The van der Waals surface area contributed by atoms with Crippen molar-refractivity contribution in [2.75, 3.05) is 11.9 Å². The molecule has 6 nitrogen and oxygen atoms in total. The Hall–Kier alpha value is -4.22. The monoisotopic (exact) mass is 558 g/mol. The highest BCUT2D eigenvalue weighted by molar-refractivity contribution is 7.89. The first-order valence-corrected chi connectivity index (χ1v) is 13.0. The summed E-state index contributed by atoms with van der Waals surface area (Å²) in [6.45, 7) is -1.09. The van der Waals surface area contributed by atoms with Crippen LogP contribution in [-0.4, -0.2) is 25.2 Å². The normalized spacial score (nSPS) is 11.8. The van der Waals surface area contributed by atoms with Crippen LogP contribution in [0.1, 0.15) is 11.1 Å². The lowest BCUT2D eigenvalue weighted by atomic mass is 10.2. The lowest BCUT2D eigenvalue weighted by Gasteiger charge is -2.22. The minimum atomic E-state index is -4.76. The number of ether oxygens (including phenoxy) is 1. The Bertz CT molecular complexity index is 1530. The van der Waals surface area contributed by atoms with Gasteiger partial charge in [-0.3, -0.25) is 4.79 Å². The maximum absolute atomic E-state index is 13.4. The predicted molar refractivity (Wildman–Crippen MR) is 137 cm³/mol. The maximum atomic E-state index is 13.4. The second-order valence-electron chi connectivity index (χ2n) is 8.41. The van der Waals surface area contributed by atoms with E-state index >= 15 is 0 Å². The van der Waals surface area contributed by atoms with E-state index in [1.54, 1.807) is 36.4 Å². The van der Waals surface area contributed by atoms with Crippen LogP contribution in [0.15, 0.2) is 108 Å². The van der Waals surface area contributed by atoms with Gasteiger partial charge in [-0.15, -0.1) is 0 Å². The Morgan fingerprint density at radius 2 is 1.46 bits per heavy atom. The third-order valence-corrected chi connectivity index (χ3v) is 7.30. The minimum Gasteiger partial charge on any atom is -0.457 e. The number of carbonyl (C=O) groups is 1. The van der Waals surface area contributed by atoms with Crippen molar-refractivity contribution >= 4 is 21.6 Å². The SMILES string of the molecule is O=C(CN(Cc1ccc(F)cc1)S(=O)(=O)c1cccc(C(F)(F)F)c1)Nc1ccc(Oc2ccccc2)cc1. The van der Waals surface area contributed by atoms with Gasteiger partial charge in [0.1, 0.15) is 17.3 Å². The number of benzene rings is 4. The lowest BCUT2D eigenvalue weighted by Crippen LogP contribution is -2.37. The third kappa shape index (κ3) is 7.43. The van der Waals surface area contributed by atoms with Gasteiger partial charge in [-0.1, -0.05) is 36.4 Å². The molecule has 0 radical (unpaired) electrons. The Kier molecular flexibility index (Phi) is 8.32. The molecule has 0 saturated heterocycles. The zero-order valence-electron chi connectivity index (χ0n) is 20.2. The molecule has 0 aliphatic rings. The van der Waals surface area contributed by atoms with E-state index < -0.39 is 44.9 Å². The van der Waals surface area contributed by atoms with Crippen molar-refractivity contribution in [2.45, 2.75) is 17.6 Å². The molecule has 0 aliphatic carbocycles. The lowest BCUT2D eigenvalue weighted by molar-refractivity contribution is -0.137. The van der Waals surface area contributed by atoms with Crippen molar-refractivity contribution in [1.29, 1.82) is 0 Å². The number of nitrogens with one attached hydrogen (secondary N) is 1. The van der Waals surface area contributed by atoms with Gasteiger partial charge < -0.3 is 10.1 Å². The van der Waals surface area contributed by atoms with Crippen LogP contribution in [0, 0.1) is 5.82 Å². The number of halogens is 4. The molecule has 0 bridgehead atoms. The second kappa shape index (κ2) is 11.7. The van der Waals surface area contributed by atoms with Gasteiger partial charge in [-0.25, -0.2) is 12.8 Å². The van der Waals surface area contributed by atoms with Crippen molar-refractivity contribution in [3.63, 3.8) is 0 Å². The number of hydrogen-bond donors (Lipinski definition) is 1. The highest BCUT2D eigenvalue weighted by Crippen LogP contribution is 2.31. The van der Waals surface area contributed by atoms with E-state index in [-0.39, 0.29) is 6.54 Å². The molecule has 202 valence electrons. The number of rotatable bonds is 9. The maximum Gasteiger partial charge on any atom is 0.416 e. The van der Waals surface area contributed by atoms with E-state index in [0.717, 1.165) is 34.6 Å². The summed E-state index contributed by atoms with van der Waals surface area (Å²) in [6.07, 6.45) is -4.76. The molecule has 4 rings (SSSR count). The molecule has 0 aliphatic heterocycles. The molecule has 39 heavy (non-hydrogen) atoms. The van der Waals surface area contributed by atoms with E-state index in [2.05, 4.69) is 5.32 Å². The average molecular weight is 559 g/mol. The topological polar surface area (TPSA) is 75.7 Å². The van der Waals surface area contributed by atoms with Gasteiger partial charge in [-0.05, 0) is 72.3 Å². The van der Waals surface area contributed by atoms with Crippen LogP contribution in [-0.2, 0) is 27.5 Å². The first-order chi connectivity index (χ1) is 18.5. The van der Waals surface area contributed by atoms with Crippen LogP contribution >= 0.6 is 0 Å². The van der Waals surface area contributed by atoms with Crippen LogP contribution in [0.3, 0.4) is 0 Å². The number of nitrogens with zero attached hydrogens (tertiary/aromatic N) is 1. The van der Waals surface area contributed by atoms with Crippen molar-refractivity contribution in [3.05, 3.63) is 120 Å². The fourth-order valence-corrected chi connectivity index (χ4v) is 5.02. The summed E-state index contributed by atoms with van der Waals surface area (Å²) >= 11 is 0. The molecule has 1 amide bonds. The number of anilines is 1. The van der Waals surface area contributed by atoms with E-state index in [1.165, 1.54) is 12.1 Å². The average Bonchev–Trinajstić information content (AvgIpc) is 2.91. The van der Waals surface area contributed by atoms with Gasteiger partial charge >= 0.3 is 6.18 Å². The van der Waals surface area contributed by atoms with Crippen molar-refractivity contribution in [2.24, 2.45) is 0 Å². The molecule has 0 aromatic heterocycles. The smallest absolute Gasteiger partial charge is 0.416 e. The van der Waals surface area contributed by atoms with E-state index in [4.69, 9.17) is 4.74 Å². The fourth-order valence-electron chi connectivity index (χ4n) is 3.59. The van der Waals surface area contributed by atoms with Crippen LogP contribution in [0.25, 0.3) is 0 Å². The highest BCUT2D eigenvalue weighted by Gasteiger charge is 2.33. The number of carbonyl (C=O) groups excluding carboxylic acids is 1. The summed E-state index contributed by atoms with van der Waals surface area (Å²) in [6, 6.07) is 23.5. The first kappa shape index (κ1) is 27.8. The zero-order valence-corrected chi connectivity index (χ0v) is 21.0. The van der Waals surface area contributed by atoms with E-state index in [1.807, 2.05) is 18.2 Å². The number of amides is 1. The first-order valence-electron chi connectivity index (χ1n) is 11.6. The van der Waals surface area contributed by atoms with Crippen LogP contribution in [0.2, 0.25) is 0 Å². The Labute approximate surface area is 222 Å². The van der Waals surface area contributed by atoms with Gasteiger partial charge in [0, 0.05) is 12.2 Å². The molecular formula is C28H22F4N2O4S. The summed E-state index contributed by atoms with van der Waals surface area (Å²) in [4.78, 5) is 12.2. The number of alkyl halides is 3. The largest absolute Gasteiger partial charge is 0.457 e. The molecular weight excluding hydrogens is 536 g/mol. The third-order valence-electron chi connectivity index (χ3n) is 5.51. The van der Waals surface area contributed by atoms with E-state index in [0.29, 0.717) is 28.8 Å². The fraction of sp³-hybridized carbons (Fsp3) is 0.107. The molecule has 0 fully saturated rings. The quantitative estimate of drug-likeness (QED) is 0.239. The molecule has 4 aromatic rings. The molecule has 0 saturated carbocycles. The number of para-hydroxylation sites is 1. The summed E-state index contributed by atoms with van der Waals surface area (Å²) < 4.78 is 86.2. The van der Waals surface area contributed by atoms with Crippen molar-refractivity contribution < 1.29 is 35.5 Å². The molecule has 4 aromatic carbocycles. The molecule has 0 atom stereocenters. The summed E-state index contributed by atoms with van der Waals surface area (Å²) in [5, 5.41) is 2.58. The number of sulfonamides is 1. The zero-order chi connectivity index (χ0) is 28.0. The van der Waals surface area contributed by atoms with Gasteiger partial charge in [-0.2, -0.15) is 17.5 Å². The van der Waals surface area contributed by atoms with Crippen molar-refractivity contribution in [1.82, 2.24) is 4.31 Å². The van der Waals surface area contributed by atoms with Crippen molar-refractivity contribution in [3.8, 4) is 11.5 Å². The predicted octanol–water partition coefficient (Wildman–Crippen LogP) is 6.47. The molecule has 1 N–H and O–H groups in total. The molecule has 11 heteroatoms. The summed E-state index contributed by atoms with van der Waals surface area (Å²) in [5.74, 6) is -0.164. The van der Waals surface area contributed by atoms with Gasteiger partial charge in [0.25, 0.3) is 0 Å². The molecule has 0 heterocycles. The molecule has 0 spiro atoms. The van der Waals surface area contributed by atoms with Gasteiger partial charge in [0.05, 0.1) is 17.0 Å². The molecule has 0 unspecified atom stereocenters. The Morgan fingerprint density at radius 1 is 0.821 bits per heavy atom. The summed E-state index contributed by atoms with van der Waals surface area (Å²) in [5.41, 5.74) is -0.464. The van der Waals surface area contributed by atoms with Crippen LogP contribution < -0.4 is 10.1 Å². The van der Waals surface area contributed by atoms with Crippen LogP contribution in [0.4, 0.5) is 23.2 Å². The second-order valence-corrected chi connectivity index (χ2v) is 10.4. The Balaban J connectivity index is 1.54. The highest BCUT2D eigenvalue weighted by atomic mass is 32.2. The summed E-state index contributed by atoms with van der Waals surface area (Å²) in [7, 11) is -4.56. The standard InChI is InChI=1S/C28H22F4N2O4S/c29-22-11-9-20(10-12-22)18-34(39(36,37)26-8-4-5-21(17-26)28(30,31)32)19-27(35)33-23-13-15-25(16-14-23)38-24-6-2-1-3-7-24/h1-17H,18-19H2,(H,33,35). The van der Waals surface area contributed by atoms with E-state index in [9.17, 15) is 30.8 Å². The van der Waals surface area contributed by atoms with Gasteiger partial charge in [0.2, 0.25) is 15.9 Å². The number of hydrogen-bond acceptors (Lipinski definition) is 4. The Morgan fingerprint density at radius 3 is 2.10 bits per heavy atom. The minimum absolute atomic E-state index is 0.335. The van der Waals surface area contributed by atoms with Crippen LogP contribution in [0.5, 0.6) is 11.5 Å². The van der Waals surface area contributed by atoms with Gasteiger partial charge in [0.15, 0.2) is 0 Å².